The van der Waals surface area contributed by atoms with Crippen molar-refractivity contribution >= 4 is 0 Å². The van der Waals surface area contributed by atoms with E-state index in [2.05, 4.69) is 10.6 Å². The number of nitrogens with one attached hydrogen (secondary N) is 1. The van der Waals surface area contributed by atoms with Crippen molar-refractivity contribution in [3.63, 3.8) is 0 Å². The first-order valence-electron chi connectivity index (χ1n) is 8.80. The first-order valence-corrected chi connectivity index (χ1v) is 8.80. The van der Waals surface area contributed by atoms with Crippen molar-refractivity contribution in [2.45, 2.75) is 13.0 Å². The summed E-state index contributed by atoms with van der Waals surface area (Å²) in [5.74, 6) is 1.65. The molecule has 0 atom stereocenters. The fraction of sp³-hybridized carbons (Fsp3) is 0.300. The number of benzene rings is 2. The standard InChI is InChI=1S/C20H23N3O5/c1-25-16-7-5-15(6-8-16)23-17(20(24)28-22-23)13-21-11-10-14-4-9-18(26-2)19(12-14)27-3/h4-9,12,21H,10-11,13H2,1-3H3. The van der Waals surface area contributed by atoms with Gasteiger partial charge in [0, 0.05) is 12.1 Å². The number of nitrogens with zero attached hydrogens (tertiary/aromatic N) is 2. The lowest BCUT2D eigenvalue weighted by Crippen LogP contribution is -2.39. The fourth-order valence-electron chi connectivity index (χ4n) is 2.82. The Morgan fingerprint density at radius 1 is 1.00 bits per heavy atom. The number of rotatable bonds is 9. The van der Waals surface area contributed by atoms with Gasteiger partial charge in [-0.3, -0.25) is 0 Å². The Morgan fingerprint density at radius 3 is 2.43 bits per heavy atom. The molecule has 0 aliphatic carbocycles. The minimum absolute atomic E-state index is 0.335. The van der Waals surface area contributed by atoms with E-state index < -0.39 is 5.95 Å². The van der Waals surface area contributed by atoms with Gasteiger partial charge in [0.1, 0.15) is 5.75 Å². The van der Waals surface area contributed by atoms with Crippen LogP contribution in [0.2, 0.25) is 0 Å². The van der Waals surface area contributed by atoms with Crippen LogP contribution in [0.3, 0.4) is 0 Å². The molecule has 0 saturated heterocycles. The van der Waals surface area contributed by atoms with Crippen molar-refractivity contribution in [2.75, 3.05) is 27.9 Å². The molecule has 148 valence electrons. The summed E-state index contributed by atoms with van der Waals surface area (Å²) in [6.45, 7) is 1.00. The molecule has 8 heteroatoms. The van der Waals surface area contributed by atoms with Crippen LogP contribution in [0.1, 0.15) is 11.3 Å². The summed E-state index contributed by atoms with van der Waals surface area (Å²) < 4.78 is 22.0. The van der Waals surface area contributed by atoms with Crippen molar-refractivity contribution in [1.29, 1.82) is 0 Å². The van der Waals surface area contributed by atoms with E-state index in [0.717, 1.165) is 23.4 Å². The Labute approximate surface area is 163 Å². The van der Waals surface area contributed by atoms with Crippen molar-refractivity contribution in [3.05, 3.63) is 53.7 Å². The molecule has 1 heterocycles. The van der Waals surface area contributed by atoms with E-state index in [1.54, 1.807) is 33.5 Å². The molecule has 0 bridgehead atoms. The lowest BCUT2D eigenvalue weighted by molar-refractivity contribution is -0.677. The summed E-state index contributed by atoms with van der Waals surface area (Å²) in [6, 6.07) is 13.0. The zero-order valence-electron chi connectivity index (χ0n) is 16.1. The van der Waals surface area contributed by atoms with E-state index in [1.807, 2.05) is 30.3 Å². The first-order chi connectivity index (χ1) is 13.7. The summed E-state index contributed by atoms with van der Waals surface area (Å²) in [4.78, 5) is 0. The van der Waals surface area contributed by atoms with Crippen LogP contribution in [0.25, 0.3) is 5.69 Å². The third kappa shape index (κ3) is 4.34. The number of aromatic nitrogens is 2. The summed E-state index contributed by atoms with van der Waals surface area (Å²) in [5, 5.41) is 19.1. The summed E-state index contributed by atoms with van der Waals surface area (Å²) in [5.41, 5.74) is 2.25. The predicted octanol–water partition coefficient (Wildman–Crippen LogP) is 1.38. The highest BCUT2D eigenvalue weighted by molar-refractivity contribution is 5.43. The number of hydrogen-bond acceptors (Lipinski definition) is 7. The van der Waals surface area contributed by atoms with Crippen LogP contribution in [0.4, 0.5) is 0 Å². The second-order valence-corrected chi connectivity index (χ2v) is 6.03. The van der Waals surface area contributed by atoms with Crippen LogP contribution in [-0.4, -0.2) is 33.1 Å². The highest BCUT2D eigenvalue weighted by Gasteiger charge is 2.20. The Bertz CT molecular complexity index is 909. The van der Waals surface area contributed by atoms with Crippen LogP contribution in [-0.2, 0) is 13.0 Å². The van der Waals surface area contributed by atoms with Crippen LogP contribution in [0, 0.1) is 0 Å². The van der Waals surface area contributed by atoms with E-state index in [-0.39, 0.29) is 0 Å². The van der Waals surface area contributed by atoms with Gasteiger partial charge in [-0.15, -0.1) is 0 Å². The Hall–Kier alpha value is -3.26. The fourth-order valence-corrected chi connectivity index (χ4v) is 2.82. The van der Waals surface area contributed by atoms with E-state index in [1.165, 1.54) is 4.68 Å². The summed E-state index contributed by atoms with van der Waals surface area (Å²) >= 11 is 0. The number of ether oxygens (including phenoxy) is 3. The van der Waals surface area contributed by atoms with Gasteiger partial charge in [-0.25, -0.2) is 0 Å². The lowest BCUT2D eigenvalue weighted by atomic mass is 10.1. The minimum atomic E-state index is -0.463. The third-order valence-corrected chi connectivity index (χ3v) is 4.34. The molecule has 3 aromatic rings. The summed E-state index contributed by atoms with van der Waals surface area (Å²) in [7, 11) is 4.82. The Morgan fingerprint density at radius 2 is 1.75 bits per heavy atom. The zero-order valence-corrected chi connectivity index (χ0v) is 16.1. The molecule has 28 heavy (non-hydrogen) atoms. The van der Waals surface area contributed by atoms with Crippen LogP contribution in [0.15, 0.2) is 47.0 Å². The normalized spacial score (nSPS) is 10.7. The smallest absolute Gasteiger partial charge is 0.253 e. The van der Waals surface area contributed by atoms with Gasteiger partial charge in [-0.05, 0) is 47.5 Å². The molecule has 2 aromatic carbocycles. The van der Waals surface area contributed by atoms with Crippen molar-refractivity contribution in [2.24, 2.45) is 0 Å². The maximum absolute atomic E-state index is 12.0. The van der Waals surface area contributed by atoms with Gasteiger partial charge < -0.3 is 29.2 Å². The maximum atomic E-state index is 12.0. The van der Waals surface area contributed by atoms with Gasteiger partial charge in [-0.1, -0.05) is 6.07 Å². The molecule has 3 rings (SSSR count). The van der Waals surface area contributed by atoms with E-state index in [9.17, 15) is 5.11 Å². The van der Waals surface area contributed by atoms with Crippen molar-refractivity contribution < 1.29 is 28.5 Å². The molecule has 0 saturated carbocycles. The second-order valence-electron chi connectivity index (χ2n) is 6.03. The molecule has 1 aromatic heterocycles. The number of hydrogen-bond donors (Lipinski definition) is 1. The quantitative estimate of drug-likeness (QED) is 0.439. The van der Waals surface area contributed by atoms with Gasteiger partial charge >= 0.3 is 0 Å². The molecule has 0 amide bonds. The average molecular weight is 385 g/mol. The molecule has 0 radical (unpaired) electrons. The Kier molecular flexibility index (Phi) is 6.33. The largest absolute Gasteiger partial charge is 0.539 e. The van der Waals surface area contributed by atoms with Gasteiger partial charge in [-0.2, -0.15) is 0 Å². The SMILES string of the molecule is COc1ccc(-[n+]2noc([O-])c2CNCCc2ccc(OC)c(OC)c2)cc1. The molecule has 0 aliphatic heterocycles. The monoisotopic (exact) mass is 385 g/mol. The molecule has 0 fully saturated rings. The highest BCUT2D eigenvalue weighted by atomic mass is 16.6. The minimum Gasteiger partial charge on any atom is -0.539 e. The third-order valence-electron chi connectivity index (χ3n) is 4.34. The van der Waals surface area contributed by atoms with Crippen LogP contribution < -0.4 is 29.3 Å². The topological polar surface area (TPSA) is 92.7 Å². The van der Waals surface area contributed by atoms with Crippen molar-refractivity contribution in [1.82, 2.24) is 10.6 Å². The molecular weight excluding hydrogens is 362 g/mol. The van der Waals surface area contributed by atoms with Crippen LogP contribution >= 0.6 is 0 Å². The zero-order chi connectivity index (χ0) is 19.9. The molecule has 0 spiro atoms. The van der Waals surface area contributed by atoms with Gasteiger partial charge in [0.15, 0.2) is 17.4 Å². The molecule has 1 N–H and O–H groups in total. The molecular formula is C20H23N3O5. The predicted molar refractivity (Wildman–Crippen MR) is 99.0 cm³/mol. The van der Waals surface area contributed by atoms with Gasteiger partial charge in [0.2, 0.25) is 5.69 Å². The summed E-state index contributed by atoms with van der Waals surface area (Å²) in [6.07, 6.45) is 0.766. The number of methoxy groups -OCH3 is 3. The Balaban J connectivity index is 1.61. The maximum Gasteiger partial charge on any atom is 0.253 e. The highest BCUT2D eigenvalue weighted by Crippen LogP contribution is 2.27. The molecule has 0 aliphatic rings. The van der Waals surface area contributed by atoms with E-state index >= 15 is 0 Å². The lowest BCUT2D eigenvalue weighted by Gasteiger charge is -2.09. The van der Waals surface area contributed by atoms with Crippen LogP contribution in [0.5, 0.6) is 23.2 Å². The van der Waals surface area contributed by atoms with E-state index in [0.29, 0.717) is 30.3 Å². The first kappa shape index (κ1) is 19.5. The second kappa shape index (κ2) is 9.09. The van der Waals surface area contributed by atoms with Crippen molar-refractivity contribution in [3.8, 4) is 28.9 Å². The van der Waals surface area contributed by atoms with Gasteiger partial charge in [0.25, 0.3) is 5.69 Å². The van der Waals surface area contributed by atoms with E-state index in [4.69, 9.17) is 18.7 Å². The van der Waals surface area contributed by atoms with Gasteiger partial charge in [0.05, 0.1) is 33.1 Å². The molecule has 0 unspecified atom stereocenters. The molecule has 8 nitrogen and oxygen atoms in total. The average Bonchev–Trinajstić information content (AvgIpc) is 3.11.